The summed E-state index contributed by atoms with van der Waals surface area (Å²) in [6.45, 7) is 2.83. The minimum absolute atomic E-state index is 0.363. The van der Waals surface area contributed by atoms with Crippen molar-refractivity contribution in [3.05, 3.63) is 59.0 Å². The van der Waals surface area contributed by atoms with Crippen LogP contribution >= 0.6 is 0 Å². The second-order valence-corrected chi connectivity index (χ2v) is 4.82. The molecule has 0 saturated carbocycles. The van der Waals surface area contributed by atoms with E-state index in [1.807, 2.05) is 12.1 Å². The van der Waals surface area contributed by atoms with Gasteiger partial charge in [0.15, 0.2) is 5.82 Å². The minimum Gasteiger partial charge on any atom is -0.337 e. The molecule has 0 unspecified atom stereocenters. The van der Waals surface area contributed by atoms with Gasteiger partial charge in [-0.05, 0) is 18.1 Å². The zero-order valence-electron chi connectivity index (χ0n) is 11.7. The van der Waals surface area contributed by atoms with Crippen LogP contribution in [-0.2, 0) is 19.5 Å². The number of benzene rings is 1. The van der Waals surface area contributed by atoms with Crippen molar-refractivity contribution >= 4 is 0 Å². The average molecular weight is 284 g/mol. The van der Waals surface area contributed by atoms with Gasteiger partial charge in [0.05, 0.1) is 11.9 Å². The van der Waals surface area contributed by atoms with Gasteiger partial charge in [-0.1, -0.05) is 34.6 Å². The third-order valence-electron chi connectivity index (χ3n) is 3.21. The van der Waals surface area contributed by atoms with Crippen LogP contribution in [0.5, 0.6) is 0 Å². The predicted octanol–water partition coefficient (Wildman–Crippen LogP) is 1.07. The molecule has 7 nitrogen and oxygen atoms in total. The zero-order valence-corrected chi connectivity index (χ0v) is 11.7. The first kappa shape index (κ1) is 13.4. The SMILES string of the molecule is Cc1ccccc1Cc1noc(Cn2cc(CN)nn2)n1. The molecule has 1 aromatic carbocycles. The van der Waals surface area contributed by atoms with Gasteiger partial charge >= 0.3 is 0 Å². The van der Waals surface area contributed by atoms with E-state index in [4.69, 9.17) is 10.3 Å². The van der Waals surface area contributed by atoms with Crippen molar-refractivity contribution in [1.82, 2.24) is 25.1 Å². The van der Waals surface area contributed by atoms with Gasteiger partial charge in [0, 0.05) is 13.0 Å². The number of nitrogens with zero attached hydrogens (tertiary/aromatic N) is 5. The summed E-state index contributed by atoms with van der Waals surface area (Å²) < 4.78 is 6.87. The van der Waals surface area contributed by atoms with Crippen molar-refractivity contribution in [3.63, 3.8) is 0 Å². The maximum Gasteiger partial charge on any atom is 0.248 e. The first-order valence-corrected chi connectivity index (χ1v) is 6.69. The van der Waals surface area contributed by atoms with Gasteiger partial charge in [0.2, 0.25) is 5.89 Å². The van der Waals surface area contributed by atoms with Crippen molar-refractivity contribution in [2.75, 3.05) is 0 Å². The summed E-state index contributed by atoms with van der Waals surface area (Å²) in [5, 5.41) is 11.9. The van der Waals surface area contributed by atoms with E-state index in [0.717, 1.165) is 5.69 Å². The summed E-state index contributed by atoms with van der Waals surface area (Å²) in [5.74, 6) is 1.17. The smallest absolute Gasteiger partial charge is 0.248 e. The van der Waals surface area contributed by atoms with Crippen LogP contribution < -0.4 is 5.73 Å². The quantitative estimate of drug-likeness (QED) is 0.753. The summed E-state index contributed by atoms with van der Waals surface area (Å²) in [6.07, 6.45) is 2.42. The van der Waals surface area contributed by atoms with Crippen molar-refractivity contribution in [3.8, 4) is 0 Å². The second-order valence-electron chi connectivity index (χ2n) is 4.82. The van der Waals surface area contributed by atoms with Crippen LogP contribution in [0.3, 0.4) is 0 Å². The van der Waals surface area contributed by atoms with Gasteiger partial charge in [-0.2, -0.15) is 4.98 Å². The monoisotopic (exact) mass is 284 g/mol. The Labute approximate surface area is 121 Å². The summed E-state index contributed by atoms with van der Waals surface area (Å²) >= 11 is 0. The van der Waals surface area contributed by atoms with E-state index < -0.39 is 0 Å². The van der Waals surface area contributed by atoms with Gasteiger partial charge in [0.25, 0.3) is 0 Å². The topological polar surface area (TPSA) is 95.7 Å². The van der Waals surface area contributed by atoms with E-state index in [2.05, 4.69) is 39.5 Å². The summed E-state index contributed by atoms with van der Waals surface area (Å²) in [5.41, 5.74) is 8.63. The molecule has 108 valence electrons. The molecule has 2 N–H and O–H groups in total. The molecule has 0 aliphatic rings. The molecule has 3 rings (SSSR count). The minimum atomic E-state index is 0.363. The lowest BCUT2D eigenvalue weighted by Crippen LogP contribution is -2.01. The molecule has 7 heteroatoms. The molecule has 0 radical (unpaired) electrons. The molecule has 0 spiro atoms. The van der Waals surface area contributed by atoms with E-state index in [1.165, 1.54) is 11.1 Å². The Morgan fingerprint density at radius 3 is 2.90 bits per heavy atom. The van der Waals surface area contributed by atoms with Crippen molar-refractivity contribution in [2.45, 2.75) is 26.4 Å². The van der Waals surface area contributed by atoms with E-state index in [0.29, 0.717) is 31.2 Å². The molecule has 0 bridgehead atoms. The molecular weight excluding hydrogens is 268 g/mol. The number of rotatable bonds is 5. The lowest BCUT2D eigenvalue weighted by Gasteiger charge is -2.00. The molecule has 0 aliphatic heterocycles. The van der Waals surface area contributed by atoms with Crippen molar-refractivity contribution in [1.29, 1.82) is 0 Å². The Bertz CT molecular complexity index is 732. The first-order valence-electron chi connectivity index (χ1n) is 6.69. The Balaban J connectivity index is 1.70. The van der Waals surface area contributed by atoms with Gasteiger partial charge < -0.3 is 10.3 Å². The largest absolute Gasteiger partial charge is 0.337 e. The molecule has 0 aliphatic carbocycles. The maximum atomic E-state index is 5.49. The highest BCUT2D eigenvalue weighted by Crippen LogP contribution is 2.12. The fraction of sp³-hybridized carbons (Fsp3) is 0.286. The van der Waals surface area contributed by atoms with Crippen molar-refractivity contribution in [2.24, 2.45) is 5.73 Å². The van der Waals surface area contributed by atoms with E-state index in [9.17, 15) is 0 Å². The molecule has 2 heterocycles. The fourth-order valence-electron chi connectivity index (χ4n) is 2.05. The lowest BCUT2D eigenvalue weighted by molar-refractivity contribution is 0.360. The predicted molar refractivity (Wildman–Crippen MR) is 75.3 cm³/mol. The first-order chi connectivity index (χ1) is 10.2. The molecular formula is C14H16N6O. The number of aromatic nitrogens is 5. The number of aryl methyl sites for hydroxylation is 1. The Morgan fingerprint density at radius 1 is 1.29 bits per heavy atom. The van der Waals surface area contributed by atoms with E-state index in [-0.39, 0.29) is 0 Å². The van der Waals surface area contributed by atoms with Gasteiger partial charge in [-0.15, -0.1) is 5.10 Å². The Kier molecular flexibility index (Phi) is 3.74. The highest BCUT2D eigenvalue weighted by Gasteiger charge is 2.10. The van der Waals surface area contributed by atoms with Crippen LogP contribution in [0, 0.1) is 6.92 Å². The highest BCUT2D eigenvalue weighted by atomic mass is 16.5. The van der Waals surface area contributed by atoms with E-state index in [1.54, 1.807) is 10.9 Å². The van der Waals surface area contributed by atoms with E-state index >= 15 is 0 Å². The van der Waals surface area contributed by atoms with Gasteiger partial charge in [-0.25, -0.2) is 4.68 Å². The van der Waals surface area contributed by atoms with Crippen molar-refractivity contribution < 1.29 is 4.52 Å². The molecule has 2 aromatic heterocycles. The molecule has 0 atom stereocenters. The third kappa shape index (κ3) is 3.14. The Hall–Kier alpha value is -2.54. The fourth-order valence-corrected chi connectivity index (χ4v) is 2.05. The molecule has 3 aromatic rings. The summed E-state index contributed by atoms with van der Waals surface area (Å²) in [6, 6.07) is 8.16. The average Bonchev–Trinajstić information content (AvgIpc) is 3.11. The zero-order chi connectivity index (χ0) is 14.7. The van der Waals surface area contributed by atoms with Gasteiger partial charge in [0.1, 0.15) is 6.54 Å². The maximum absolute atomic E-state index is 5.49. The summed E-state index contributed by atoms with van der Waals surface area (Å²) in [7, 11) is 0. The normalized spacial score (nSPS) is 11.0. The number of nitrogens with two attached hydrogens (primary N) is 1. The van der Waals surface area contributed by atoms with Gasteiger partial charge in [-0.3, -0.25) is 0 Å². The molecule has 0 fully saturated rings. The van der Waals surface area contributed by atoms with Crippen LogP contribution in [-0.4, -0.2) is 25.1 Å². The van der Waals surface area contributed by atoms with Crippen LogP contribution in [0.1, 0.15) is 28.5 Å². The molecule has 0 amide bonds. The summed E-state index contributed by atoms with van der Waals surface area (Å²) in [4.78, 5) is 4.38. The Morgan fingerprint density at radius 2 is 2.14 bits per heavy atom. The van der Waals surface area contributed by atoms with Crippen LogP contribution in [0.25, 0.3) is 0 Å². The van der Waals surface area contributed by atoms with Crippen LogP contribution in [0.15, 0.2) is 35.0 Å². The molecule has 21 heavy (non-hydrogen) atoms. The highest BCUT2D eigenvalue weighted by molar-refractivity contribution is 5.27. The number of hydrogen-bond acceptors (Lipinski definition) is 6. The third-order valence-corrected chi connectivity index (χ3v) is 3.21. The van der Waals surface area contributed by atoms with Crippen LogP contribution in [0.4, 0.5) is 0 Å². The lowest BCUT2D eigenvalue weighted by atomic mass is 10.1. The molecule has 0 saturated heterocycles. The standard InChI is InChI=1S/C14H16N6O/c1-10-4-2-3-5-11(10)6-13-16-14(21-18-13)9-20-8-12(7-15)17-19-20/h2-5,8H,6-7,9,15H2,1H3. The van der Waals surface area contributed by atoms with Crippen LogP contribution in [0.2, 0.25) is 0 Å². The second kappa shape index (κ2) is 5.84. The number of hydrogen-bond donors (Lipinski definition) is 1.